The molecule has 0 saturated heterocycles. The highest BCUT2D eigenvalue weighted by atomic mass is 16.6. The molecule has 0 aliphatic carbocycles. The standard InChI is InChI=1S/C65H106O6/c1-4-7-10-13-16-19-22-25-28-31-32-35-37-40-43-46-49-52-55-58-64(67)70-61-62(71-65(68)59-56-53-50-47-44-41-38-34-30-27-24-21-18-15-12-9-6-3)60-69-63(66)57-54-51-48-45-42-39-36-33-29-26-23-20-17-14-11-8-5-2/h7,10,16-21,25-30,32,35,40,43,49,52,62H,4-6,8-9,11-15,22-24,31,33-34,36-39,41-42,44-48,50-51,53-61H2,1-3H3/b10-7-,19-16-,20-17-,21-18-,28-25-,29-26-,30-27-,35-32-,43-40-,52-49-/t62-/m1/s1. The van der Waals surface area contributed by atoms with Crippen LogP contribution in [0.25, 0.3) is 0 Å². The van der Waals surface area contributed by atoms with Gasteiger partial charge in [0.15, 0.2) is 6.10 Å². The number of unbranched alkanes of at least 4 members (excludes halogenated alkanes) is 20. The van der Waals surface area contributed by atoms with E-state index in [4.69, 9.17) is 14.2 Å². The average Bonchev–Trinajstić information content (AvgIpc) is 3.37. The molecule has 0 amide bonds. The topological polar surface area (TPSA) is 78.9 Å². The predicted octanol–water partition coefficient (Wildman–Crippen LogP) is 19.6. The lowest BCUT2D eigenvalue weighted by atomic mass is 10.1. The fourth-order valence-electron chi connectivity index (χ4n) is 7.59. The molecular formula is C65H106O6. The normalized spacial score (nSPS) is 13.0. The minimum atomic E-state index is -0.820. The van der Waals surface area contributed by atoms with E-state index in [9.17, 15) is 14.4 Å². The molecule has 0 heterocycles. The third-order valence-electron chi connectivity index (χ3n) is 11.9. The van der Waals surface area contributed by atoms with Crippen LogP contribution in [0, 0.1) is 0 Å². The van der Waals surface area contributed by atoms with Crippen molar-refractivity contribution in [2.24, 2.45) is 0 Å². The summed E-state index contributed by atoms with van der Waals surface area (Å²) in [7, 11) is 0. The van der Waals surface area contributed by atoms with E-state index < -0.39 is 6.10 Å². The second kappa shape index (κ2) is 58.4. The maximum Gasteiger partial charge on any atom is 0.306 e. The molecule has 0 aliphatic rings. The van der Waals surface area contributed by atoms with Crippen molar-refractivity contribution in [2.75, 3.05) is 13.2 Å². The van der Waals surface area contributed by atoms with E-state index in [-0.39, 0.29) is 37.5 Å². The molecule has 0 rings (SSSR count). The Morgan fingerprint density at radius 2 is 0.577 bits per heavy atom. The molecule has 6 heteroatoms. The van der Waals surface area contributed by atoms with Gasteiger partial charge >= 0.3 is 17.9 Å². The summed E-state index contributed by atoms with van der Waals surface area (Å²) < 4.78 is 16.8. The Morgan fingerprint density at radius 1 is 0.296 bits per heavy atom. The number of hydrogen-bond acceptors (Lipinski definition) is 6. The SMILES string of the molecule is CC/C=C\C/C=C\C/C=C\C/C=C\C/C=C\C/C=C\CCC(=O)OC[C@@H](COC(=O)CCCCCCCCC/C=C\C/C=C\CCCCC)OC(=O)CCCCCCCCC/C=C\C/C=C\CCCCC. The largest absolute Gasteiger partial charge is 0.462 e. The smallest absolute Gasteiger partial charge is 0.306 e. The van der Waals surface area contributed by atoms with Crippen molar-refractivity contribution < 1.29 is 28.6 Å². The molecule has 0 aromatic rings. The van der Waals surface area contributed by atoms with Gasteiger partial charge in [0, 0.05) is 19.3 Å². The summed E-state index contributed by atoms with van der Waals surface area (Å²) in [5, 5.41) is 0. The first-order chi connectivity index (χ1) is 35.0. The number of carbonyl (C=O) groups excluding carboxylic acids is 3. The van der Waals surface area contributed by atoms with E-state index in [1.807, 2.05) is 6.08 Å². The minimum Gasteiger partial charge on any atom is -0.462 e. The molecule has 0 aliphatic heterocycles. The van der Waals surface area contributed by atoms with Crippen LogP contribution in [0.2, 0.25) is 0 Å². The predicted molar refractivity (Wildman–Crippen MR) is 306 cm³/mol. The first-order valence-corrected chi connectivity index (χ1v) is 29.0. The van der Waals surface area contributed by atoms with E-state index in [2.05, 4.69) is 136 Å². The zero-order valence-corrected chi connectivity index (χ0v) is 45.9. The van der Waals surface area contributed by atoms with Gasteiger partial charge in [0.2, 0.25) is 0 Å². The first-order valence-electron chi connectivity index (χ1n) is 29.0. The summed E-state index contributed by atoms with van der Waals surface area (Å²) >= 11 is 0. The molecule has 0 spiro atoms. The van der Waals surface area contributed by atoms with Gasteiger partial charge in [-0.25, -0.2) is 0 Å². The Hall–Kier alpha value is -4.19. The van der Waals surface area contributed by atoms with Crippen molar-refractivity contribution in [3.63, 3.8) is 0 Å². The summed E-state index contributed by atoms with van der Waals surface area (Å²) in [4.78, 5) is 38.2. The summed E-state index contributed by atoms with van der Waals surface area (Å²) in [6.07, 6.45) is 80.5. The fraction of sp³-hybridized carbons (Fsp3) is 0.646. The first kappa shape index (κ1) is 66.8. The third kappa shape index (κ3) is 56.6. The van der Waals surface area contributed by atoms with Crippen LogP contribution in [-0.2, 0) is 28.6 Å². The van der Waals surface area contributed by atoms with Crippen molar-refractivity contribution in [1.82, 2.24) is 0 Å². The van der Waals surface area contributed by atoms with Gasteiger partial charge in [0.05, 0.1) is 0 Å². The van der Waals surface area contributed by atoms with Crippen LogP contribution < -0.4 is 0 Å². The Kier molecular flexibility index (Phi) is 54.9. The van der Waals surface area contributed by atoms with Crippen LogP contribution in [0.15, 0.2) is 122 Å². The molecule has 1 atom stereocenters. The molecular weight excluding hydrogens is 877 g/mol. The van der Waals surface area contributed by atoms with Gasteiger partial charge in [0.25, 0.3) is 0 Å². The van der Waals surface area contributed by atoms with Gasteiger partial charge in [-0.1, -0.05) is 232 Å². The summed E-state index contributed by atoms with van der Waals surface area (Å²) in [5.74, 6) is -1.02. The van der Waals surface area contributed by atoms with Crippen molar-refractivity contribution >= 4 is 17.9 Å². The highest BCUT2D eigenvalue weighted by Crippen LogP contribution is 2.14. The molecule has 0 fully saturated rings. The number of ether oxygens (including phenoxy) is 3. The Bertz CT molecular complexity index is 1500. The second-order valence-electron chi connectivity index (χ2n) is 18.8. The number of rotatable bonds is 51. The second-order valence-corrected chi connectivity index (χ2v) is 18.8. The number of esters is 3. The van der Waals surface area contributed by atoms with E-state index in [0.717, 1.165) is 103 Å². The zero-order valence-electron chi connectivity index (χ0n) is 45.9. The van der Waals surface area contributed by atoms with E-state index >= 15 is 0 Å². The zero-order chi connectivity index (χ0) is 51.4. The van der Waals surface area contributed by atoms with Crippen LogP contribution in [-0.4, -0.2) is 37.2 Å². The van der Waals surface area contributed by atoms with Crippen LogP contribution >= 0.6 is 0 Å². The molecule has 0 saturated carbocycles. The van der Waals surface area contributed by atoms with E-state index in [0.29, 0.717) is 19.3 Å². The molecule has 0 unspecified atom stereocenters. The van der Waals surface area contributed by atoms with E-state index in [1.165, 1.54) is 103 Å². The third-order valence-corrected chi connectivity index (χ3v) is 11.9. The number of allylic oxidation sites excluding steroid dienone is 20. The minimum absolute atomic E-state index is 0.111. The Morgan fingerprint density at radius 3 is 0.944 bits per heavy atom. The quantitative estimate of drug-likeness (QED) is 0.0261. The molecule has 0 N–H and O–H groups in total. The van der Waals surface area contributed by atoms with Crippen LogP contribution in [0.1, 0.15) is 252 Å². The van der Waals surface area contributed by atoms with Gasteiger partial charge in [-0.3, -0.25) is 14.4 Å². The van der Waals surface area contributed by atoms with Gasteiger partial charge in [-0.05, 0) is 122 Å². The maximum atomic E-state index is 12.9. The van der Waals surface area contributed by atoms with Crippen molar-refractivity contribution in [3.05, 3.63) is 122 Å². The van der Waals surface area contributed by atoms with Crippen LogP contribution in [0.5, 0.6) is 0 Å². The Balaban J connectivity index is 4.54. The molecule has 6 nitrogen and oxygen atoms in total. The highest BCUT2D eigenvalue weighted by Gasteiger charge is 2.19. The van der Waals surface area contributed by atoms with Crippen molar-refractivity contribution in [1.29, 1.82) is 0 Å². The van der Waals surface area contributed by atoms with Crippen LogP contribution in [0.4, 0.5) is 0 Å². The number of carbonyl (C=O) groups is 3. The molecule has 71 heavy (non-hydrogen) atoms. The lowest BCUT2D eigenvalue weighted by molar-refractivity contribution is -0.166. The van der Waals surface area contributed by atoms with Gasteiger partial charge in [-0.15, -0.1) is 0 Å². The molecule has 402 valence electrons. The van der Waals surface area contributed by atoms with Gasteiger partial charge in [-0.2, -0.15) is 0 Å². The van der Waals surface area contributed by atoms with Gasteiger partial charge in [0.1, 0.15) is 13.2 Å². The average molecular weight is 984 g/mol. The molecule has 0 aromatic heterocycles. The monoisotopic (exact) mass is 983 g/mol. The van der Waals surface area contributed by atoms with Crippen molar-refractivity contribution in [2.45, 2.75) is 258 Å². The molecule has 0 radical (unpaired) electrons. The molecule has 0 aromatic carbocycles. The summed E-state index contributed by atoms with van der Waals surface area (Å²) in [6.45, 7) is 6.40. The lowest BCUT2D eigenvalue weighted by Crippen LogP contribution is -2.30. The highest BCUT2D eigenvalue weighted by molar-refractivity contribution is 5.71. The van der Waals surface area contributed by atoms with Crippen molar-refractivity contribution in [3.8, 4) is 0 Å². The maximum absolute atomic E-state index is 12.9. The lowest BCUT2D eigenvalue weighted by Gasteiger charge is -2.18. The summed E-state index contributed by atoms with van der Waals surface area (Å²) in [6, 6.07) is 0. The van der Waals surface area contributed by atoms with Gasteiger partial charge < -0.3 is 14.2 Å². The summed E-state index contributed by atoms with van der Waals surface area (Å²) in [5.41, 5.74) is 0. The molecule has 0 bridgehead atoms. The van der Waals surface area contributed by atoms with Crippen LogP contribution in [0.3, 0.4) is 0 Å². The Labute approximate surface area is 437 Å². The fourth-order valence-corrected chi connectivity index (χ4v) is 7.59. The number of hydrogen-bond donors (Lipinski definition) is 0. The van der Waals surface area contributed by atoms with E-state index in [1.54, 1.807) is 0 Å².